The Bertz CT molecular complexity index is 711. The summed E-state index contributed by atoms with van der Waals surface area (Å²) in [7, 11) is -3.59. The average molecular weight is 339 g/mol. The Labute approximate surface area is 136 Å². The second-order valence-electron chi connectivity index (χ2n) is 5.98. The lowest BCUT2D eigenvalue weighted by atomic mass is 10.1. The van der Waals surface area contributed by atoms with Crippen molar-refractivity contribution < 1.29 is 23.1 Å². The fraction of sp³-hybridized carbons (Fsp3) is 0.500. The van der Waals surface area contributed by atoms with E-state index < -0.39 is 27.0 Å². The Morgan fingerprint density at radius 1 is 1.30 bits per heavy atom. The van der Waals surface area contributed by atoms with Gasteiger partial charge in [0, 0.05) is 12.6 Å². The maximum atomic E-state index is 12.8. The zero-order chi connectivity index (χ0) is 17.2. The Morgan fingerprint density at radius 3 is 2.57 bits per heavy atom. The van der Waals surface area contributed by atoms with Crippen molar-refractivity contribution in [3.05, 3.63) is 29.8 Å². The number of carbonyl (C=O) groups excluding carboxylic acids is 1. The van der Waals surface area contributed by atoms with Crippen molar-refractivity contribution in [2.75, 3.05) is 6.54 Å². The number of nitrogens with zero attached hydrogens (tertiary/aromatic N) is 1. The molecule has 1 aliphatic rings. The molecule has 1 aromatic carbocycles. The van der Waals surface area contributed by atoms with E-state index in [-0.39, 0.29) is 22.9 Å². The molecular weight excluding hydrogens is 318 g/mol. The quantitative estimate of drug-likeness (QED) is 0.885. The summed E-state index contributed by atoms with van der Waals surface area (Å²) in [6.07, 6.45) is 1.23. The maximum Gasteiger partial charge on any atom is 0.305 e. The first-order valence-corrected chi connectivity index (χ1v) is 9.15. The van der Waals surface area contributed by atoms with Crippen LogP contribution in [0.25, 0.3) is 0 Å². The van der Waals surface area contributed by atoms with E-state index in [0.29, 0.717) is 13.0 Å². The molecule has 1 fully saturated rings. The van der Waals surface area contributed by atoms with Gasteiger partial charge in [0.05, 0.1) is 22.1 Å². The SMILES string of the molecule is CC(C)S(=O)(=O)c1ccccc1C(=O)N1CCCC1CC(=O)O. The van der Waals surface area contributed by atoms with Crippen LogP contribution in [0.3, 0.4) is 0 Å². The van der Waals surface area contributed by atoms with Gasteiger partial charge in [0.25, 0.3) is 5.91 Å². The highest BCUT2D eigenvalue weighted by molar-refractivity contribution is 7.92. The summed E-state index contributed by atoms with van der Waals surface area (Å²) in [5.41, 5.74) is 0.124. The van der Waals surface area contributed by atoms with E-state index in [2.05, 4.69) is 0 Å². The van der Waals surface area contributed by atoms with Crippen molar-refractivity contribution in [1.82, 2.24) is 4.90 Å². The molecule has 1 aliphatic heterocycles. The van der Waals surface area contributed by atoms with Gasteiger partial charge in [-0.1, -0.05) is 12.1 Å². The van der Waals surface area contributed by atoms with Crippen LogP contribution in [0, 0.1) is 0 Å². The first-order chi connectivity index (χ1) is 10.7. The largest absolute Gasteiger partial charge is 0.481 e. The standard InChI is InChI=1S/C16H21NO5S/c1-11(2)23(21,22)14-8-4-3-7-13(14)16(20)17-9-5-6-12(17)10-15(18)19/h3-4,7-8,11-12H,5-6,9-10H2,1-2H3,(H,18,19). The Hall–Kier alpha value is -1.89. The number of benzene rings is 1. The number of hydrogen-bond acceptors (Lipinski definition) is 4. The lowest BCUT2D eigenvalue weighted by Gasteiger charge is -2.24. The molecule has 0 spiro atoms. The predicted octanol–water partition coefficient (Wildman–Crippen LogP) is 1.95. The topological polar surface area (TPSA) is 91.8 Å². The summed E-state index contributed by atoms with van der Waals surface area (Å²) < 4.78 is 24.9. The van der Waals surface area contributed by atoms with Gasteiger partial charge < -0.3 is 10.0 Å². The number of hydrogen-bond donors (Lipinski definition) is 1. The molecule has 0 bridgehead atoms. The van der Waals surface area contributed by atoms with E-state index >= 15 is 0 Å². The van der Waals surface area contributed by atoms with Gasteiger partial charge in [0.15, 0.2) is 9.84 Å². The Balaban J connectivity index is 2.39. The smallest absolute Gasteiger partial charge is 0.305 e. The molecule has 1 aromatic rings. The molecular formula is C16H21NO5S. The molecule has 2 rings (SSSR count). The second-order valence-corrected chi connectivity index (χ2v) is 8.46. The summed E-state index contributed by atoms with van der Waals surface area (Å²) in [6.45, 7) is 3.59. The van der Waals surface area contributed by atoms with Crippen molar-refractivity contribution in [3.8, 4) is 0 Å². The molecule has 1 N–H and O–H groups in total. The third-order valence-corrected chi connectivity index (χ3v) is 6.30. The highest BCUT2D eigenvalue weighted by Crippen LogP contribution is 2.27. The summed E-state index contributed by atoms with van der Waals surface area (Å²) in [5.74, 6) is -1.37. The van der Waals surface area contributed by atoms with Crippen LogP contribution < -0.4 is 0 Å². The van der Waals surface area contributed by atoms with Gasteiger partial charge in [-0.25, -0.2) is 8.42 Å². The fourth-order valence-corrected chi connectivity index (χ4v) is 4.05. The molecule has 1 heterocycles. The van der Waals surface area contributed by atoms with Crippen LogP contribution in [-0.4, -0.2) is 48.1 Å². The van der Waals surface area contributed by atoms with Crippen LogP contribution in [0.2, 0.25) is 0 Å². The summed E-state index contributed by atoms with van der Waals surface area (Å²) in [4.78, 5) is 25.2. The van der Waals surface area contributed by atoms with Crippen LogP contribution in [-0.2, 0) is 14.6 Å². The summed E-state index contributed by atoms with van der Waals surface area (Å²) in [5, 5.41) is 8.33. The second kappa shape index (κ2) is 6.70. The molecule has 126 valence electrons. The minimum absolute atomic E-state index is 0.0148. The van der Waals surface area contributed by atoms with Gasteiger partial charge in [-0.15, -0.1) is 0 Å². The number of amides is 1. The Kier molecular flexibility index (Phi) is 5.09. The van der Waals surface area contributed by atoms with Gasteiger partial charge in [-0.3, -0.25) is 9.59 Å². The minimum atomic E-state index is -3.59. The van der Waals surface area contributed by atoms with E-state index in [1.165, 1.54) is 17.0 Å². The number of carboxylic acids is 1. The number of likely N-dealkylation sites (tertiary alicyclic amines) is 1. The molecule has 0 aliphatic carbocycles. The van der Waals surface area contributed by atoms with Crippen molar-refractivity contribution in [3.63, 3.8) is 0 Å². The highest BCUT2D eigenvalue weighted by Gasteiger charge is 2.34. The zero-order valence-corrected chi connectivity index (χ0v) is 14.0. The molecule has 0 saturated carbocycles. The highest BCUT2D eigenvalue weighted by atomic mass is 32.2. The normalized spacial score (nSPS) is 18.4. The molecule has 0 radical (unpaired) electrons. The molecule has 7 heteroatoms. The van der Waals surface area contributed by atoms with Crippen molar-refractivity contribution >= 4 is 21.7 Å². The Morgan fingerprint density at radius 2 is 1.96 bits per heavy atom. The molecule has 0 aromatic heterocycles. The predicted molar refractivity (Wildman–Crippen MR) is 85.1 cm³/mol. The van der Waals surface area contributed by atoms with E-state index in [9.17, 15) is 18.0 Å². The van der Waals surface area contributed by atoms with Crippen LogP contribution in [0.15, 0.2) is 29.2 Å². The van der Waals surface area contributed by atoms with Crippen LogP contribution in [0.1, 0.15) is 43.5 Å². The fourth-order valence-electron chi connectivity index (χ4n) is 2.82. The lowest BCUT2D eigenvalue weighted by molar-refractivity contribution is -0.137. The number of sulfone groups is 1. The number of carbonyl (C=O) groups is 2. The molecule has 1 atom stereocenters. The van der Waals surface area contributed by atoms with Gasteiger partial charge in [-0.2, -0.15) is 0 Å². The van der Waals surface area contributed by atoms with E-state index in [1.54, 1.807) is 26.0 Å². The zero-order valence-electron chi connectivity index (χ0n) is 13.2. The number of carboxylic acid groups (broad SMARTS) is 1. The first-order valence-electron chi connectivity index (χ1n) is 7.61. The van der Waals surface area contributed by atoms with Crippen molar-refractivity contribution in [2.24, 2.45) is 0 Å². The maximum absolute atomic E-state index is 12.8. The van der Waals surface area contributed by atoms with Crippen molar-refractivity contribution in [2.45, 2.75) is 49.3 Å². The first kappa shape index (κ1) is 17.5. The monoisotopic (exact) mass is 339 g/mol. The molecule has 23 heavy (non-hydrogen) atoms. The van der Waals surface area contributed by atoms with Gasteiger partial charge in [0.1, 0.15) is 0 Å². The van der Waals surface area contributed by atoms with E-state index in [4.69, 9.17) is 5.11 Å². The number of rotatable bonds is 5. The third-order valence-electron chi connectivity index (χ3n) is 4.09. The minimum Gasteiger partial charge on any atom is -0.481 e. The molecule has 1 saturated heterocycles. The van der Waals surface area contributed by atoms with Crippen LogP contribution >= 0.6 is 0 Å². The third kappa shape index (κ3) is 3.55. The van der Waals surface area contributed by atoms with Gasteiger partial charge >= 0.3 is 5.97 Å². The molecule has 1 amide bonds. The lowest BCUT2D eigenvalue weighted by Crippen LogP contribution is -2.37. The van der Waals surface area contributed by atoms with E-state index in [0.717, 1.165) is 6.42 Å². The summed E-state index contributed by atoms with van der Waals surface area (Å²) >= 11 is 0. The van der Waals surface area contributed by atoms with E-state index in [1.807, 2.05) is 0 Å². The molecule has 1 unspecified atom stereocenters. The average Bonchev–Trinajstić information content (AvgIpc) is 2.93. The van der Waals surface area contributed by atoms with Gasteiger partial charge in [-0.05, 0) is 38.8 Å². The molecule has 6 nitrogen and oxygen atoms in total. The summed E-state index contributed by atoms with van der Waals surface area (Å²) in [6, 6.07) is 5.76. The number of aliphatic carboxylic acids is 1. The van der Waals surface area contributed by atoms with Crippen LogP contribution in [0.4, 0.5) is 0 Å². The van der Waals surface area contributed by atoms with Gasteiger partial charge in [0.2, 0.25) is 0 Å². The van der Waals surface area contributed by atoms with Crippen LogP contribution in [0.5, 0.6) is 0 Å². The van der Waals surface area contributed by atoms with Crippen molar-refractivity contribution in [1.29, 1.82) is 0 Å².